The van der Waals surface area contributed by atoms with Crippen molar-refractivity contribution in [2.45, 2.75) is 25.2 Å². The van der Waals surface area contributed by atoms with Crippen molar-refractivity contribution in [1.82, 2.24) is 4.72 Å². The van der Waals surface area contributed by atoms with Gasteiger partial charge in [-0.3, -0.25) is 0 Å². The third-order valence-corrected chi connectivity index (χ3v) is 4.65. The van der Waals surface area contributed by atoms with Gasteiger partial charge < -0.3 is 15.2 Å². The molecule has 0 aromatic heterocycles. The summed E-state index contributed by atoms with van der Waals surface area (Å²) in [5.74, 6) is -0.701. The summed E-state index contributed by atoms with van der Waals surface area (Å²) in [5.41, 5.74) is 0.312. The Labute approximate surface area is 137 Å². The van der Waals surface area contributed by atoms with Crippen LogP contribution in [0.1, 0.15) is 30.6 Å². The number of nitrogens with one attached hydrogen (secondary N) is 2. The molecule has 0 radical (unpaired) electrons. The van der Waals surface area contributed by atoms with Gasteiger partial charge in [0.2, 0.25) is 10.0 Å². The minimum absolute atomic E-state index is 0.0720. The van der Waals surface area contributed by atoms with Gasteiger partial charge in [0.15, 0.2) is 0 Å². The second-order valence-electron chi connectivity index (χ2n) is 5.52. The van der Waals surface area contributed by atoms with Gasteiger partial charge in [0.05, 0.1) is 17.9 Å². The van der Waals surface area contributed by atoms with Gasteiger partial charge in [0, 0.05) is 20.2 Å². The smallest absolute Gasteiger partial charge is 0.335 e. The lowest BCUT2D eigenvalue weighted by Gasteiger charge is -2.15. The molecule has 0 spiro atoms. The highest BCUT2D eigenvalue weighted by Gasteiger charge is 2.20. The normalized spacial score (nSPS) is 11.7. The van der Waals surface area contributed by atoms with Crippen LogP contribution < -0.4 is 10.0 Å². The maximum absolute atomic E-state index is 12.4. The number of rotatable bonds is 10. The number of hydrogen-bond donors (Lipinski definition) is 3. The van der Waals surface area contributed by atoms with Gasteiger partial charge in [-0.2, -0.15) is 0 Å². The predicted molar refractivity (Wildman–Crippen MR) is 88.4 cm³/mol. The van der Waals surface area contributed by atoms with Crippen LogP contribution in [0.5, 0.6) is 0 Å². The first-order chi connectivity index (χ1) is 10.8. The fraction of sp³-hybridized carbons (Fsp3) is 0.533. The lowest BCUT2D eigenvalue weighted by Crippen LogP contribution is -2.28. The van der Waals surface area contributed by atoms with E-state index in [1.807, 2.05) is 0 Å². The molecular formula is C15H24N2O5S. The van der Waals surface area contributed by atoms with Gasteiger partial charge in [-0.1, -0.05) is 13.8 Å². The zero-order valence-electron chi connectivity index (χ0n) is 13.6. The Kier molecular flexibility index (Phi) is 7.47. The summed E-state index contributed by atoms with van der Waals surface area (Å²) in [4.78, 5) is 11.0. The minimum Gasteiger partial charge on any atom is -0.478 e. The Morgan fingerprint density at radius 2 is 2.00 bits per heavy atom. The highest BCUT2D eigenvalue weighted by molar-refractivity contribution is 7.89. The summed E-state index contributed by atoms with van der Waals surface area (Å²) >= 11 is 0. The summed E-state index contributed by atoms with van der Waals surface area (Å²) in [5, 5.41) is 12.1. The molecule has 0 aliphatic heterocycles. The molecule has 0 atom stereocenters. The average Bonchev–Trinajstić information content (AvgIpc) is 2.47. The standard InChI is InChI=1S/C15H24N2O5S/c1-11(2)6-7-16-13-5-4-12(15(18)19)10-14(13)23(20,21)17-8-9-22-3/h4-5,10-11,16-17H,6-9H2,1-3H3,(H,18,19). The van der Waals surface area contributed by atoms with Crippen LogP contribution in [0.2, 0.25) is 0 Å². The van der Waals surface area contributed by atoms with Crippen LogP contribution in [0.25, 0.3) is 0 Å². The molecule has 1 aromatic carbocycles. The van der Waals surface area contributed by atoms with E-state index in [1.54, 1.807) is 0 Å². The Hall–Kier alpha value is -1.64. The van der Waals surface area contributed by atoms with E-state index in [-0.39, 0.29) is 23.6 Å². The highest BCUT2D eigenvalue weighted by atomic mass is 32.2. The predicted octanol–water partition coefficient (Wildman–Crippen LogP) is 1.77. The number of aromatic carboxylic acids is 1. The van der Waals surface area contributed by atoms with Gasteiger partial charge in [0.1, 0.15) is 4.90 Å². The molecular weight excluding hydrogens is 320 g/mol. The van der Waals surface area contributed by atoms with Gasteiger partial charge in [-0.05, 0) is 30.5 Å². The van der Waals surface area contributed by atoms with E-state index in [9.17, 15) is 13.2 Å². The number of methoxy groups -OCH3 is 1. The lowest BCUT2D eigenvalue weighted by molar-refractivity contribution is 0.0696. The maximum Gasteiger partial charge on any atom is 0.335 e. The number of anilines is 1. The number of sulfonamides is 1. The maximum atomic E-state index is 12.4. The molecule has 130 valence electrons. The topological polar surface area (TPSA) is 105 Å². The van der Waals surface area contributed by atoms with Gasteiger partial charge in [-0.25, -0.2) is 17.9 Å². The molecule has 0 fully saturated rings. The Bertz CT molecular complexity index is 629. The minimum atomic E-state index is -3.83. The Balaban J connectivity index is 3.07. The zero-order valence-corrected chi connectivity index (χ0v) is 14.4. The van der Waals surface area contributed by atoms with Gasteiger partial charge in [-0.15, -0.1) is 0 Å². The van der Waals surface area contributed by atoms with Crippen molar-refractivity contribution in [1.29, 1.82) is 0 Å². The molecule has 0 saturated heterocycles. The molecule has 0 unspecified atom stereocenters. The fourth-order valence-corrected chi connectivity index (χ4v) is 3.09. The molecule has 3 N–H and O–H groups in total. The molecule has 1 aromatic rings. The Morgan fingerprint density at radius 3 is 2.57 bits per heavy atom. The van der Waals surface area contributed by atoms with Crippen LogP contribution in [0, 0.1) is 5.92 Å². The zero-order chi connectivity index (χ0) is 17.5. The summed E-state index contributed by atoms with van der Waals surface area (Å²) in [6.45, 7) is 5.08. The first-order valence-electron chi connectivity index (χ1n) is 7.37. The molecule has 1 rings (SSSR count). The summed E-state index contributed by atoms with van der Waals surface area (Å²) in [6, 6.07) is 4.03. The van der Waals surface area contributed by atoms with Crippen molar-refractivity contribution >= 4 is 21.7 Å². The number of benzene rings is 1. The molecule has 0 aliphatic carbocycles. The van der Waals surface area contributed by atoms with Crippen molar-refractivity contribution in [2.24, 2.45) is 5.92 Å². The molecule has 0 aliphatic rings. The first kappa shape index (κ1) is 19.4. The highest BCUT2D eigenvalue weighted by Crippen LogP contribution is 2.23. The summed E-state index contributed by atoms with van der Waals surface area (Å²) < 4.78 is 32.0. The van der Waals surface area contributed by atoms with Gasteiger partial charge in [0.25, 0.3) is 0 Å². The fourth-order valence-electron chi connectivity index (χ4n) is 1.88. The SMILES string of the molecule is COCCNS(=O)(=O)c1cc(C(=O)O)ccc1NCCC(C)C. The third kappa shape index (κ3) is 6.17. The van der Waals surface area contributed by atoms with E-state index >= 15 is 0 Å². The van der Waals surface area contributed by atoms with Crippen LogP contribution in [0.15, 0.2) is 23.1 Å². The quantitative estimate of drug-likeness (QED) is 0.559. The molecule has 23 heavy (non-hydrogen) atoms. The van der Waals surface area contributed by atoms with Crippen molar-refractivity contribution in [3.05, 3.63) is 23.8 Å². The summed E-state index contributed by atoms with van der Waals surface area (Å²) in [6.07, 6.45) is 0.872. The molecule has 0 heterocycles. The van der Waals surface area contributed by atoms with E-state index in [0.717, 1.165) is 12.5 Å². The average molecular weight is 344 g/mol. The number of hydrogen-bond acceptors (Lipinski definition) is 5. The number of carboxylic acid groups (broad SMARTS) is 1. The van der Waals surface area contributed by atoms with E-state index in [2.05, 4.69) is 23.9 Å². The van der Waals surface area contributed by atoms with Gasteiger partial charge >= 0.3 is 5.97 Å². The first-order valence-corrected chi connectivity index (χ1v) is 8.86. The molecule has 0 bridgehead atoms. The van der Waals surface area contributed by atoms with Crippen molar-refractivity contribution < 1.29 is 23.1 Å². The number of carbonyl (C=O) groups is 1. The second kappa shape index (κ2) is 8.85. The molecule has 0 amide bonds. The van der Waals surface area contributed by atoms with E-state index in [4.69, 9.17) is 9.84 Å². The second-order valence-corrected chi connectivity index (χ2v) is 7.25. The number of ether oxygens (including phenoxy) is 1. The summed E-state index contributed by atoms with van der Waals surface area (Å²) in [7, 11) is -2.36. The van der Waals surface area contributed by atoms with Crippen molar-refractivity contribution in [3.63, 3.8) is 0 Å². The van der Waals surface area contributed by atoms with Crippen LogP contribution in [0.3, 0.4) is 0 Å². The van der Waals surface area contributed by atoms with Crippen molar-refractivity contribution in [3.8, 4) is 0 Å². The monoisotopic (exact) mass is 344 g/mol. The van der Waals surface area contributed by atoms with Crippen LogP contribution >= 0.6 is 0 Å². The van der Waals surface area contributed by atoms with Crippen molar-refractivity contribution in [2.75, 3.05) is 32.1 Å². The van der Waals surface area contributed by atoms with E-state index in [0.29, 0.717) is 18.2 Å². The Morgan fingerprint density at radius 1 is 1.30 bits per heavy atom. The largest absolute Gasteiger partial charge is 0.478 e. The third-order valence-electron chi connectivity index (χ3n) is 3.15. The van der Waals surface area contributed by atoms with Crippen LogP contribution in [-0.2, 0) is 14.8 Å². The van der Waals surface area contributed by atoms with Crippen LogP contribution in [0.4, 0.5) is 5.69 Å². The number of carboxylic acids is 1. The molecule has 8 heteroatoms. The lowest BCUT2D eigenvalue weighted by atomic mass is 10.1. The molecule has 7 nitrogen and oxygen atoms in total. The molecule has 0 saturated carbocycles. The van der Waals surface area contributed by atoms with E-state index in [1.165, 1.54) is 19.2 Å². The van der Waals surface area contributed by atoms with E-state index < -0.39 is 16.0 Å². The van der Waals surface area contributed by atoms with Crippen LogP contribution in [-0.4, -0.2) is 46.3 Å².